The second kappa shape index (κ2) is 10.2. The molecule has 0 aromatic heterocycles. The van der Waals surface area contributed by atoms with Crippen molar-refractivity contribution in [2.24, 2.45) is 17.8 Å². The lowest BCUT2D eigenvalue weighted by molar-refractivity contribution is 0.248. The quantitative estimate of drug-likeness (QED) is 0.397. The summed E-state index contributed by atoms with van der Waals surface area (Å²) in [6, 6.07) is 0. The normalized spacial score (nSPS) is 17.1. The van der Waals surface area contributed by atoms with Crippen LogP contribution in [0.4, 0.5) is 0 Å². The van der Waals surface area contributed by atoms with Crippen molar-refractivity contribution < 1.29 is 0 Å². The van der Waals surface area contributed by atoms with Crippen molar-refractivity contribution >= 4 is 0 Å². The molecule has 0 aliphatic carbocycles. The summed E-state index contributed by atoms with van der Waals surface area (Å²) in [7, 11) is 0. The minimum absolute atomic E-state index is 0.908. The van der Waals surface area contributed by atoms with E-state index < -0.39 is 0 Å². The van der Waals surface area contributed by atoms with Gasteiger partial charge in [-0.05, 0) is 17.8 Å². The first-order chi connectivity index (χ1) is 7.63. The van der Waals surface area contributed by atoms with E-state index in [4.69, 9.17) is 0 Å². The molecule has 0 saturated carbocycles. The summed E-state index contributed by atoms with van der Waals surface area (Å²) < 4.78 is 0. The van der Waals surface area contributed by atoms with Gasteiger partial charge in [-0.1, -0.05) is 86.0 Å². The Labute approximate surface area is 104 Å². The Balaban J connectivity index is 3.58. The molecule has 0 fully saturated rings. The summed E-state index contributed by atoms with van der Waals surface area (Å²) in [5, 5.41) is 0. The molecule has 0 spiro atoms. The van der Waals surface area contributed by atoms with E-state index in [1.54, 1.807) is 0 Å². The Hall–Kier alpha value is 0. The van der Waals surface area contributed by atoms with E-state index in [0.29, 0.717) is 0 Å². The highest BCUT2D eigenvalue weighted by atomic mass is 14.2. The Bertz CT molecular complexity index is 139. The van der Waals surface area contributed by atoms with Crippen LogP contribution in [0.2, 0.25) is 0 Å². The van der Waals surface area contributed by atoms with Gasteiger partial charge in [-0.25, -0.2) is 0 Å². The maximum Gasteiger partial charge on any atom is -0.0391 e. The first kappa shape index (κ1) is 16.0. The summed E-state index contributed by atoms with van der Waals surface area (Å²) in [5.41, 5.74) is 0. The first-order valence-electron chi connectivity index (χ1n) is 7.63. The van der Waals surface area contributed by atoms with Gasteiger partial charge in [0.15, 0.2) is 0 Å². The largest absolute Gasteiger partial charge is 0.0654 e. The molecule has 0 heterocycles. The molecule has 0 aliphatic heterocycles. The SMILES string of the molecule is CCCCCCCC(C)C(C)C(C)CCC. The summed E-state index contributed by atoms with van der Waals surface area (Å²) in [4.78, 5) is 0. The predicted octanol–water partition coefficient (Wildman–Crippen LogP) is 6.06. The molecule has 0 saturated heterocycles. The zero-order chi connectivity index (χ0) is 12.4. The van der Waals surface area contributed by atoms with E-state index in [1.165, 1.54) is 51.4 Å². The predicted molar refractivity (Wildman–Crippen MR) is 75.8 cm³/mol. The van der Waals surface area contributed by atoms with Crippen molar-refractivity contribution in [3.63, 3.8) is 0 Å². The number of unbranched alkanes of at least 4 members (excludes halogenated alkanes) is 4. The van der Waals surface area contributed by atoms with Crippen LogP contribution in [0.25, 0.3) is 0 Å². The Morgan fingerprint density at radius 2 is 1.19 bits per heavy atom. The molecule has 0 N–H and O–H groups in total. The van der Waals surface area contributed by atoms with Crippen LogP contribution >= 0.6 is 0 Å². The van der Waals surface area contributed by atoms with Crippen molar-refractivity contribution in [2.45, 2.75) is 86.0 Å². The maximum absolute atomic E-state index is 2.46. The molecule has 0 aliphatic rings. The van der Waals surface area contributed by atoms with Gasteiger partial charge in [-0.2, -0.15) is 0 Å². The third-order valence-corrected chi connectivity index (χ3v) is 4.30. The molecule has 0 aromatic carbocycles. The molecule has 0 nitrogen and oxygen atoms in total. The van der Waals surface area contributed by atoms with Crippen LogP contribution < -0.4 is 0 Å². The molecule has 3 atom stereocenters. The van der Waals surface area contributed by atoms with Crippen LogP contribution in [0.1, 0.15) is 86.0 Å². The molecular weight excluding hydrogens is 192 g/mol. The monoisotopic (exact) mass is 226 g/mol. The molecular formula is C16H34. The fraction of sp³-hybridized carbons (Fsp3) is 1.00. The number of hydrogen-bond donors (Lipinski definition) is 0. The molecule has 0 bridgehead atoms. The third-order valence-electron chi connectivity index (χ3n) is 4.30. The molecule has 16 heavy (non-hydrogen) atoms. The second-order valence-electron chi connectivity index (χ2n) is 5.81. The van der Waals surface area contributed by atoms with E-state index in [1.807, 2.05) is 0 Å². The second-order valence-corrected chi connectivity index (χ2v) is 5.81. The molecule has 98 valence electrons. The zero-order valence-electron chi connectivity index (χ0n) is 12.4. The van der Waals surface area contributed by atoms with Gasteiger partial charge >= 0.3 is 0 Å². The van der Waals surface area contributed by atoms with Crippen molar-refractivity contribution in [3.05, 3.63) is 0 Å². The lowest BCUT2D eigenvalue weighted by Crippen LogP contribution is -2.16. The third kappa shape index (κ3) is 7.30. The van der Waals surface area contributed by atoms with Gasteiger partial charge in [0, 0.05) is 0 Å². The summed E-state index contributed by atoms with van der Waals surface area (Å²) in [5.74, 6) is 2.74. The van der Waals surface area contributed by atoms with Crippen LogP contribution in [0.5, 0.6) is 0 Å². The average molecular weight is 226 g/mol. The molecule has 0 rings (SSSR count). The summed E-state index contributed by atoms with van der Waals surface area (Å²) >= 11 is 0. The number of hydrogen-bond acceptors (Lipinski definition) is 0. The fourth-order valence-electron chi connectivity index (χ4n) is 2.61. The average Bonchev–Trinajstić information content (AvgIpc) is 2.27. The van der Waals surface area contributed by atoms with E-state index in [0.717, 1.165) is 17.8 Å². The van der Waals surface area contributed by atoms with Gasteiger partial charge in [-0.3, -0.25) is 0 Å². The highest BCUT2D eigenvalue weighted by molar-refractivity contribution is 4.68. The van der Waals surface area contributed by atoms with E-state index in [-0.39, 0.29) is 0 Å². The molecule has 0 amide bonds. The smallest absolute Gasteiger partial charge is 0.0391 e. The van der Waals surface area contributed by atoms with E-state index in [9.17, 15) is 0 Å². The highest BCUT2D eigenvalue weighted by Crippen LogP contribution is 2.27. The van der Waals surface area contributed by atoms with Crippen molar-refractivity contribution in [2.75, 3.05) is 0 Å². The van der Waals surface area contributed by atoms with Crippen LogP contribution in [0, 0.1) is 17.8 Å². The first-order valence-corrected chi connectivity index (χ1v) is 7.63. The molecule has 0 aromatic rings. The van der Waals surface area contributed by atoms with Gasteiger partial charge in [0.2, 0.25) is 0 Å². The Morgan fingerprint density at radius 1 is 0.625 bits per heavy atom. The van der Waals surface area contributed by atoms with Crippen LogP contribution in [0.15, 0.2) is 0 Å². The van der Waals surface area contributed by atoms with Gasteiger partial charge in [-0.15, -0.1) is 0 Å². The minimum Gasteiger partial charge on any atom is -0.0654 e. The van der Waals surface area contributed by atoms with E-state index >= 15 is 0 Å². The Kier molecular flexibility index (Phi) is 10.2. The lowest BCUT2D eigenvalue weighted by atomic mass is 9.80. The fourth-order valence-corrected chi connectivity index (χ4v) is 2.61. The highest BCUT2D eigenvalue weighted by Gasteiger charge is 2.17. The summed E-state index contributed by atoms with van der Waals surface area (Å²) in [6.45, 7) is 11.9. The van der Waals surface area contributed by atoms with Gasteiger partial charge in [0.1, 0.15) is 0 Å². The van der Waals surface area contributed by atoms with Gasteiger partial charge in [0.05, 0.1) is 0 Å². The minimum atomic E-state index is 0.908. The maximum atomic E-state index is 2.46. The van der Waals surface area contributed by atoms with Crippen molar-refractivity contribution in [1.29, 1.82) is 0 Å². The lowest BCUT2D eigenvalue weighted by Gasteiger charge is -2.26. The molecule has 3 unspecified atom stereocenters. The van der Waals surface area contributed by atoms with Gasteiger partial charge < -0.3 is 0 Å². The van der Waals surface area contributed by atoms with Gasteiger partial charge in [0.25, 0.3) is 0 Å². The standard InChI is InChI=1S/C16H34/c1-6-8-9-10-11-13-15(4)16(5)14(3)12-7-2/h14-16H,6-13H2,1-5H3. The topological polar surface area (TPSA) is 0 Å². The van der Waals surface area contributed by atoms with E-state index in [2.05, 4.69) is 34.6 Å². The van der Waals surface area contributed by atoms with Crippen LogP contribution in [0.3, 0.4) is 0 Å². The van der Waals surface area contributed by atoms with Crippen LogP contribution in [-0.2, 0) is 0 Å². The van der Waals surface area contributed by atoms with Crippen LogP contribution in [-0.4, -0.2) is 0 Å². The molecule has 0 heteroatoms. The van der Waals surface area contributed by atoms with Crippen molar-refractivity contribution in [1.82, 2.24) is 0 Å². The zero-order valence-corrected chi connectivity index (χ0v) is 12.4. The summed E-state index contributed by atoms with van der Waals surface area (Å²) in [6.07, 6.45) is 11.3. The van der Waals surface area contributed by atoms with Crippen molar-refractivity contribution in [3.8, 4) is 0 Å². The Morgan fingerprint density at radius 3 is 1.75 bits per heavy atom. The molecule has 0 radical (unpaired) electrons. The number of rotatable bonds is 10.